The van der Waals surface area contributed by atoms with Crippen molar-refractivity contribution in [1.29, 1.82) is 0 Å². The molecule has 148 valence electrons. The van der Waals surface area contributed by atoms with E-state index in [2.05, 4.69) is 14.7 Å². The number of ether oxygens (including phenoxy) is 2. The van der Waals surface area contributed by atoms with Crippen LogP contribution >= 0.6 is 0 Å². The highest BCUT2D eigenvalue weighted by atomic mass is 32.2. The predicted octanol–water partition coefficient (Wildman–Crippen LogP) is 2.79. The van der Waals surface area contributed by atoms with Crippen LogP contribution in [0.15, 0.2) is 47.4 Å². The molecule has 0 spiro atoms. The van der Waals surface area contributed by atoms with Crippen molar-refractivity contribution in [2.75, 3.05) is 13.7 Å². The molecular formula is C19H21N3O5S. The van der Waals surface area contributed by atoms with E-state index < -0.39 is 22.0 Å². The van der Waals surface area contributed by atoms with Gasteiger partial charge in [-0.1, -0.05) is 0 Å². The fraction of sp³-hybridized carbons (Fsp3) is 0.263. The maximum atomic E-state index is 12.6. The Hall–Kier alpha value is -2.91. The van der Waals surface area contributed by atoms with Crippen LogP contribution in [-0.2, 0) is 14.8 Å². The molecule has 3 rings (SSSR count). The van der Waals surface area contributed by atoms with Crippen molar-refractivity contribution < 1.29 is 22.7 Å². The highest BCUT2D eigenvalue weighted by Crippen LogP contribution is 2.22. The number of imidazole rings is 1. The van der Waals surface area contributed by atoms with Gasteiger partial charge in [0.15, 0.2) is 0 Å². The molecule has 0 unspecified atom stereocenters. The zero-order valence-corrected chi connectivity index (χ0v) is 16.5. The van der Waals surface area contributed by atoms with Crippen molar-refractivity contribution in [1.82, 2.24) is 14.7 Å². The average molecular weight is 403 g/mol. The number of nitrogens with one attached hydrogen (secondary N) is 2. The number of aromatic nitrogens is 2. The molecule has 9 heteroatoms. The second kappa shape index (κ2) is 7.99. The number of fused-ring (bicyclic) bond motifs is 1. The molecule has 0 aliphatic rings. The molecule has 1 atom stereocenters. The summed E-state index contributed by atoms with van der Waals surface area (Å²) < 4.78 is 38.0. The molecule has 0 bridgehead atoms. The standard InChI is InChI=1S/C19H21N3O5S/c1-4-27-19(23)13-5-8-15(9-6-13)28(24,25)22-12(2)18-20-16-10-7-14(26-3)11-17(16)21-18/h5-12,22H,4H2,1-3H3,(H,20,21)/t12-/m0/s1. The molecule has 0 saturated carbocycles. The third-order valence-corrected chi connectivity index (χ3v) is 5.68. The Morgan fingerprint density at radius 3 is 2.57 bits per heavy atom. The van der Waals surface area contributed by atoms with Gasteiger partial charge in [-0.05, 0) is 50.2 Å². The first-order valence-electron chi connectivity index (χ1n) is 8.67. The summed E-state index contributed by atoms with van der Waals surface area (Å²) in [4.78, 5) is 19.3. The van der Waals surface area contributed by atoms with E-state index in [0.29, 0.717) is 22.7 Å². The summed E-state index contributed by atoms with van der Waals surface area (Å²) in [7, 11) is -2.23. The van der Waals surface area contributed by atoms with E-state index in [4.69, 9.17) is 9.47 Å². The smallest absolute Gasteiger partial charge is 0.338 e. The second-order valence-electron chi connectivity index (χ2n) is 6.09. The Bertz CT molecular complexity index is 1090. The lowest BCUT2D eigenvalue weighted by molar-refractivity contribution is 0.0526. The third-order valence-electron chi connectivity index (χ3n) is 4.13. The number of esters is 1. The Labute approximate surface area is 162 Å². The van der Waals surface area contributed by atoms with Gasteiger partial charge in [0, 0.05) is 6.07 Å². The molecule has 0 aliphatic heterocycles. The monoisotopic (exact) mass is 403 g/mol. The number of carbonyl (C=O) groups is 1. The van der Waals surface area contributed by atoms with Crippen molar-refractivity contribution in [3.8, 4) is 5.75 Å². The van der Waals surface area contributed by atoms with E-state index in [1.54, 1.807) is 39.2 Å². The minimum Gasteiger partial charge on any atom is -0.497 e. The summed E-state index contributed by atoms with van der Waals surface area (Å²) >= 11 is 0. The van der Waals surface area contributed by atoms with Crippen LogP contribution in [-0.4, -0.2) is 38.1 Å². The van der Waals surface area contributed by atoms with Crippen molar-refractivity contribution in [2.45, 2.75) is 24.8 Å². The molecule has 2 N–H and O–H groups in total. The zero-order valence-electron chi connectivity index (χ0n) is 15.7. The van der Waals surface area contributed by atoms with Gasteiger partial charge in [0.2, 0.25) is 10.0 Å². The molecule has 1 heterocycles. The number of hydrogen-bond acceptors (Lipinski definition) is 6. The molecule has 28 heavy (non-hydrogen) atoms. The largest absolute Gasteiger partial charge is 0.497 e. The van der Waals surface area contributed by atoms with Gasteiger partial charge in [-0.25, -0.2) is 22.9 Å². The topological polar surface area (TPSA) is 110 Å². The summed E-state index contributed by atoms with van der Waals surface area (Å²) in [5.41, 5.74) is 1.75. The number of rotatable bonds is 7. The number of methoxy groups -OCH3 is 1. The Kier molecular flexibility index (Phi) is 5.66. The molecule has 2 aromatic carbocycles. The Morgan fingerprint density at radius 1 is 1.21 bits per heavy atom. The van der Waals surface area contributed by atoms with Gasteiger partial charge in [-0.2, -0.15) is 0 Å². The highest BCUT2D eigenvalue weighted by molar-refractivity contribution is 7.89. The number of benzene rings is 2. The average Bonchev–Trinajstić information content (AvgIpc) is 3.11. The maximum absolute atomic E-state index is 12.6. The van der Waals surface area contributed by atoms with Gasteiger partial charge in [-0.3, -0.25) is 0 Å². The summed E-state index contributed by atoms with van der Waals surface area (Å²) in [6.45, 7) is 3.65. The number of H-pyrrole nitrogens is 1. The van der Waals surface area contributed by atoms with Crippen molar-refractivity contribution in [3.05, 3.63) is 53.9 Å². The minimum atomic E-state index is -3.80. The molecule has 0 fully saturated rings. The van der Waals surface area contributed by atoms with Crippen LogP contribution in [0, 0.1) is 0 Å². The van der Waals surface area contributed by atoms with Crippen LogP contribution in [0.1, 0.15) is 36.1 Å². The molecule has 0 aliphatic carbocycles. The number of hydrogen-bond donors (Lipinski definition) is 2. The van der Waals surface area contributed by atoms with E-state index in [-0.39, 0.29) is 11.5 Å². The van der Waals surface area contributed by atoms with Crippen molar-refractivity contribution in [2.24, 2.45) is 0 Å². The Morgan fingerprint density at radius 2 is 1.93 bits per heavy atom. The first-order chi connectivity index (χ1) is 13.3. The van der Waals surface area contributed by atoms with Gasteiger partial charge in [0.25, 0.3) is 0 Å². The summed E-state index contributed by atoms with van der Waals surface area (Å²) in [5, 5.41) is 0. The summed E-state index contributed by atoms with van der Waals surface area (Å²) in [6.07, 6.45) is 0. The van der Waals surface area contributed by atoms with Crippen LogP contribution in [0.4, 0.5) is 0 Å². The number of aromatic amines is 1. The normalized spacial score (nSPS) is 12.7. The van der Waals surface area contributed by atoms with E-state index in [9.17, 15) is 13.2 Å². The van der Waals surface area contributed by atoms with Gasteiger partial charge < -0.3 is 14.5 Å². The van der Waals surface area contributed by atoms with E-state index in [0.717, 1.165) is 5.52 Å². The third kappa shape index (κ3) is 4.15. The van der Waals surface area contributed by atoms with Gasteiger partial charge in [0.1, 0.15) is 11.6 Å². The number of carbonyl (C=O) groups excluding carboxylic acids is 1. The molecule has 0 radical (unpaired) electrons. The van der Waals surface area contributed by atoms with Gasteiger partial charge in [-0.15, -0.1) is 0 Å². The summed E-state index contributed by atoms with van der Waals surface area (Å²) in [5.74, 6) is 0.665. The molecule has 0 saturated heterocycles. The SMILES string of the molecule is CCOC(=O)c1ccc(S(=O)(=O)N[C@@H](C)c2nc3ccc(OC)cc3[nH]2)cc1. The Balaban J connectivity index is 1.78. The van der Waals surface area contributed by atoms with E-state index >= 15 is 0 Å². The van der Waals surface area contributed by atoms with Crippen molar-refractivity contribution in [3.63, 3.8) is 0 Å². The fourth-order valence-electron chi connectivity index (χ4n) is 2.68. The maximum Gasteiger partial charge on any atom is 0.338 e. The lowest BCUT2D eigenvalue weighted by Crippen LogP contribution is -2.27. The van der Waals surface area contributed by atoms with Crippen LogP contribution in [0.2, 0.25) is 0 Å². The zero-order chi connectivity index (χ0) is 20.3. The first-order valence-corrected chi connectivity index (χ1v) is 10.2. The first kappa shape index (κ1) is 19.8. The number of sulfonamides is 1. The van der Waals surface area contributed by atoms with Gasteiger partial charge >= 0.3 is 5.97 Å². The van der Waals surface area contributed by atoms with E-state index in [1.165, 1.54) is 24.3 Å². The van der Waals surface area contributed by atoms with E-state index in [1.807, 2.05) is 0 Å². The lowest BCUT2D eigenvalue weighted by Gasteiger charge is -2.12. The van der Waals surface area contributed by atoms with Crippen LogP contribution < -0.4 is 9.46 Å². The molecular weight excluding hydrogens is 382 g/mol. The quantitative estimate of drug-likeness (QED) is 0.587. The number of nitrogens with zero attached hydrogens (tertiary/aromatic N) is 1. The predicted molar refractivity (Wildman–Crippen MR) is 104 cm³/mol. The fourth-order valence-corrected chi connectivity index (χ4v) is 3.89. The molecule has 1 aromatic heterocycles. The summed E-state index contributed by atoms with van der Waals surface area (Å²) in [6, 6.07) is 10.4. The van der Waals surface area contributed by atoms with Crippen LogP contribution in [0.3, 0.4) is 0 Å². The molecule has 8 nitrogen and oxygen atoms in total. The highest BCUT2D eigenvalue weighted by Gasteiger charge is 2.21. The minimum absolute atomic E-state index is 0.0465. The van der Waals surface area contributed by atoms with Crippen LogP contribution in [0.5, 0.6) is 5.75 Å². The van der Waals surface area contributed by atoms with Crippen LogP contribution in [0.25, 0.3) is 11.0 Å². The van der Waals surface area contributed by atoms with Gasteiger partial charge in [0.05, 0.1) is 41.3 Å². The molecule has 3 aromatic rings. The van der Waals surface area contributed by atoms with Crippen molar-refractivity contribution >= 4 is 27.0 Å². The molecule has 0 amide bonds. The lowest BCUT2D eigenvalue weighted by atomic mass is 10.2. The second-order valence-corrected chi connectivity index (χ2v) is 7.81.